The van der Waals surface area contributed by atoms with Gasteiger partial charge in [0.05, 0.1) is 40.9 Å². The minimum atomic E-state index is -3.64. The van der Waals surface area contributed by atoms with Crippen LogP contribution in [0.1, 0.15) is 5.82 Å². The van der Waals surface area contributed by atoms with E-state index < -0.39 is 10.0 Å². The number of anilines is 2. The van der Waals surface area contributed by atoms with Crippen LogP contribution in [0.25, 0.3) is 10.9 Å². The van der Waals surface area contributed by atoms with Crippen molar-refractivity contribution in [3.8, 4) is 0 Å². The molecule has 1 saturated heterocycles. The molecule has 1 aromatic heterocycles. The summed E-state index contributed by atoms with van der Waals surface area (Å²) in [4.78, 5) is 11.4. The highest BCUT2D eigenvalue weighted by Gasteiger charge is 2.27. The standard InChI is InChI=1S/C21H24ClN5O3S/c1-26(2)14-20-23-18-6-4-3-5-16(18)21(25-20)24-19-13-15(7-8-17(19)22)31(28,29)27-9-11-30-12-10-27/h3-8,13H,9-12,14H2,1-2H3,(H,23,24,25). The number of benzene rings is 2. The molecule has 2 heterocycles. The summed E-state index contributed by atoms with van der Waals surface area (Å²) in [6.45, 7) is 2.01. The lowest BCUT2D eigenvalue weighted by Crippen LogP contribution is -2.40. The highest BCUT2D eigenvalue weighted by Crippen LogP contribution is 2.31. The fourth-order valence-corrected chi connectivity index (χ4v) is 5.00. The van der Waals surface area contributed by atoms with Gasteiger partial charge in [0.15, 0.2) is 0 Å². The van der Waals surface area contributed by atoms with Crippen LogP contribution in [0.15, 0.2) is 47.4 Å². The summed E-state index contributed by atoms with van der Waals surface area (Å²) in [5.41, 5.74) is 1.26. The van der Waals surface area contributed by atoms with E-state index in [2.05, 4.69) is 15.3 Å². The van der Waals surface area contributed by atoms with Crippen molar-refractivity contribution in [1.29, 1.82) is 0 Å². The Balaban J connectivity index is 1.73. The van der Waals surface area contributed by atoms with E-state index in [1.807, 2.05) is 43.3 Å². The van der Waals surface area contributed by atoms with Crippen LogP contribution < -0.4 is 5.32 Å². The summed E-state index contributed by atoms with van der Waals surface area (Å²) in [5.74, 6) is 1.23. The molecule has 0 radical (unpaired) electrons. The van der Waals surface area contributed by atoms with Crippen LogP contribution in [0.5, 0.6) is 0 Å². The zero-order valence-electron chi connectivity index (χ0n) is 17.4. The first-order valence-electron chi connectivity index (χ1n) is 9.89. The SMILES string of the molecule is CN(C)Cc1nc(Nc2cc(S(=O)(=O)N3CCOCC3)ccc2Cl)c2ccccc2n1. The molecule has 1 fully saturated rings. The molecule has 0 unspecified atom stereocenters. The maximum Gasteiger partial charge on any atom is 0.243 e. The van der Waals surface area contributed by atoms with E-state index in [0.29, 0.717) is 55.2 Å². The lowest BCUT2D eigenvalue weighted by Gasteiger charge is -2.26. The third kappa shape index (κ3) is 4.81. The summed E-state index contributed by atoms with van der Waals surface area (Å²) >= 11 is 6.41. The molecular formula is C21H24ClN5O3S. The molecule has 0 atom stereocenters. The predicted octanol–water partition coefficient (Wildman–Crippen LogP) is 3.11. The smallest absolute Gasteiger partial charge is 0.243 e. The molecule has 3 aromatic rings. The molecule has 1 aliphatic heterocycles. The van der Waals surface area contributed by atoms with Gasteiger partial charge in [-0.15, -0.1) is 0 Å². The number of morpholine rings is 1. The predicted molar refractivity (Wildman–Crippen MR) is 121 cm³/mol. The first-order valence-corrected chi connectivity index (χ1v) is 11.7. The lowest BCUT2D eigenvalue weighted by atomic mass is 10.2. The van der Waals surface area contributed by atoms with Crippen molar-refractivity contribution in [2.45, 2.75) is 11.4 Å². The zero-order chi connectivity index (χ0) is 22.0. The van der Waals surface area contributed by atoms with Crippen molar-refractivity contribution >= 4 is 44.0 Å². The highest BCUT2D eigenvalue weighted by molar-refractivity contribution is 7.89. The summed E-state index contributed by atoms with van der Waals surface area (Å²) in [6, 6.07) is 12.3. The normalized spacial score (nSPS) is 15.5. The van der Waals surface area contributed by atoms with Gasteiger partial charge in [0.25, 0.3) is 0 Å². The van der Waals surface area contributed by atoms with Gasteiger partial charge >= 0.3 is 0 Å². The van der Waals surface area contributed by atoms with Crippen molar-refractivity contribution in [3.05, 3.63) is 53.3 Å². The molecule has 0 aliphatic carbocycles. The van der Waals surface area contributed by atoms with Crippen molar-refractivity contribution in [2.24, 2.45) is 0 Å². The van der Waals surface area contributed by atoms with Crippen molar-refractivity contribution < 1.29 is 13.2 Å². The number of halogens is 1. The third-order valence-corrected chi connectivity index (χ3v) is 7.13. The summed E-state index contributed by atoms with van der Waals surface area (Å²) in [5, 5.41) is 4.46. The number of hydrogen-bond donors (Lipinski definition) is 1. The molecule has 164 valence electrons. The largest absolute Gasteiger partial charge is 0.379 e. The molecule has 8 nitrogen and oxygen atoms in total. The molecule has 2 aromatic carbocycles. The van der Waals surface area contributed by atoms with Gasteiger partial charge in [0.2, 0.25) is 10.0 Å². The van der Waals surface area contributed by atoms with Gasteiger partial charge in [0.1, 0.15) is 11.6 Å². The molecule has 0 bridgehead atoms. The van der Waals surface area contributed by atoms with Gasteiger partial charge in [-0.1, -0.05) is 23.7 Å². The minimum Gasteiger partial charge on any atom is -0.379 e. The first kappa shape index (κ1) is 21.9. The maximum atomic E-state index is 13.1. The van der Waals surface area contributed by atoms with Crippen LogP contribution in [-0.2, 0) is 21.3 Å². The average molecular weight is 462 g/mol. The van der Waals surface area contributed by atoms with Gasteiger partial charge < -0.3 is 15.0 Å². The van der Waals surface area contributed by atoms with Crippen LogP contribution in [0.4, 0.5) is 11.5 Å². The quantitative estimate of drug-likeness (QED) is 0.603. The van der Waals surface area contributed by atoms with Crippen LogP contribution >= 0.6 is 11.6 Å². The van der Waals surface area contributed by atoms with E-state index in [-0.39, 0.29) is 4.90 Å². The maximum absolute atomic E-state index is 13.1. The second kappa shape index (κ2) is 9.05. The Morgan fingerprint density at radius 1 is 1.13 bits per heavy atom. The molecule has 1 aliphatic rings. The van der Waals surface area contributed by atoms with E-state index in [0.717, 1.165) is 10.9 Å². The molecule has 0 spiro atoms. The molecule has 10 heteroatoms. The third-order valence-electron chi connectivity index (χ3n) is 4.91. The number of ether oxygens (including phenoxy) is 1. The fraction of sp³-hybridized carbons (Fsp3) is 0.333. The second-order valence-electron chi connectivity index (χ2n) is 7.53. The van der Waals surface area contributed by atoms with E-state index in [9.17, 15) is 8.42 Å². The van der Waals surface area contributed by atoms with Gasteiger partial charge in [-0.05, 0) is 44.4 Å². The van der Waals surface area contributed by atoms with Crippen LogP contribution in [0.2, 0.25) is 5.02 Å². The van der Waals surface area contributed by atoms with Gasteiger partial charge in [0, 0.05) is 18.5 Å². The Bertz CT molecular complexity index is 1200. The number of rotatable bonds is 6. The second-order valence-corrected chi connectivity index (χ2v) is 9.87. The van der Waals surface area contributed by atoms with Gasteiger partial charge in [-0.3, -0.25) is 0 Å². The number of para-hydroxylation sites is 1. The summed E-state index contributed by atoms with van der Waals surface area (Å²) < 4.78 is 32.8. The Hall–Kier alpha value is -2.30. The van der Waals surface area contributed by atoms with E-state index in [4.69, 9.17) is 16.3 Å². The number of nitrogens with zero attached hydrogens (tertiary/aromatic N) is 4. The molecular weight excluding hydrogens is 438 g/mol. The minimum absolute atomic E-state index is 0.174. The molecule has 31 heavy (non-hydrogen) atoms. The van der Waals surface area contributed by atoms with Crippen molar-refractivity contribution in [3.63, 3.8) is 0 Å². The Kier molecular flexibility index (Phi) is 6.40. The van der Waals surface area contributed by atoms with Gasteiger partial charge in [-0.25, -0.2) is 18.4 Å². The van der Waals surface area contributed by atoms with Crippen LogP contribution in [0, 0.1) is 0 Å². The lowest BCUT2D eigenvalue weighted by molar-refractivity contribution is 0.0730. The van der Waals surface area contributed by atoms with Crippen LogP contribution in [0.3, 0.4) is 0 Å². The average Bonchev–Trinajstić information content (AvgIpc) is 2.75. The van der Waals surface area contributed by atoms with Crippen LogP contribution in [-0.4, -0.2) is 68.0 Å². The van der Waals surface area contributed by atoms with Gasteiger partial charge in [-0.2, -0.15) is 4.31 Å². The number of nitrogens with one attached hydrogen (secondary N) is 1. The Labute approximate surface area is 186 Å². The number of sulfonamides is 1. The summed E-state index contributed by atoms with van der Waals surface area (Å²) in [7, 11) is 0.249. The van der Waals surface area contributed by atoms with E-state index >= 15 is 0 Å². The monoisotopic (exact) mass is 461 g/mol. The molecule has 1 N–H and O–H groups in total. The molecule has 4 rings (SSSR count). The number of aromatic nitrogens is 2. The number of hydrogen-bond acceptors (Lipinski definition) is 7. The van der Waals surface area contributed by atoms with E-state index in [1.54, 1.807) is 12.1 Å². The van der Waals surface area contributed by atoms with Crippen molar-refractivity contribution in [1.82, 2.24) is 19.2 Å². The topological polar surface area (TPSA) is 87.7 Å². The molecule has 0 saturated carbocycles. The van der Waals surface area contributed by atoms with Crippen molar-refractivity contribution in [2.75, 3.05) is 45.7 Å². The van der Waals surface area contributed by atoms with E-state index in [1.165, 1.54) is 10.4 Å². The first-order chi connectivity index (χ1) is 14.8. The fourth-order valence-electron chi connectivity index (χ4n) is 3.40. The zero-order valence-corrected chi connectivity index (χ0v) is 18.9. The highest BCUT2D eigenvalue weighted by atomic mass is 35.5. The summed E-state index contributed by atoms with van der Waals surface area (Å²) in [6.07, 6.45) is 0. The molecule has 0 amide bonds. The Morgan fingerprint density at radius 2 is 1.87 bits per heavy atom. The Morgan fingerprint density at radius 3 is 2.61 bits per heavy atom. The number of fused-ring (bicyclic) bond motifs is 1.